The monoisotopic (exact) mass is 457 g/mol. The number of urea groups is 1. The molecule has 2 aliphatic rings. The zero-order valence-corrected chi connectivity index (χ0v) is 19.4. The summed E-state index contributed by atoms with van der Waals surface area (Å²) in [6, 6.07) is 20.2. The summed E-state index contributed by atoms with van der Waals surface area (Å²) in [5.74, 6) is 1.31. The smallest absolute Gasteiger partial charge is 0.325 e. The van der Waals surface area contributed by atoms with Crippen LogP contribution in [-0.4, -0.2) is 24.8 Å². The second-order valence-electron chi connectivity index (χ2n) is 8.94. The van der Waals surface area contributed by atoms with Crippen molar-refractivity contribution >= 4 is 17.6 Å². The van der Waals surface area contributed by atoms with E-state index in [0.717, 1.165) is 28.2 Å². The van der Waals surface area contributed by atoms with Crippen LogP contribution in [0.4, 0.5) is 10.5 Å². The number of hydrogen-bond acceptors (Lipinski definition) is 4. The van der Waals surface area contributed by atoms with Crippen molar-refractivity contribution in [3.63, 3.8) is 0 Å². The van der Waals surface area contributed by atoms with Crippen molar-refractivity contribution in [2.45, 2.75) is 38.6 Å². The molecule has 34 heavy (non-hydrogen) atoms. The Morgan fingerprint density at radius 1 is 1.18 bits per heavy atom. The minimum atomic E-state index is -0.868. The molecule has 3 amide bonds. The minimum Gasteiger partial charge on any atom is -0.497 e. The number of benzene rings is 3. The van der Waals surface area contributed by atoms with Gasteiger partial charge in [0, 0.05) is 24.1 Å². The zero-order chi connectivity index (χ0) is 23.9. The van der Waals surface area contributed by atoms with Gasteiger partial charge in [0.15, 0.2) is 5.72 Å². The number of aryl methyl sites for hydroxylation is 1. The van der Waals surface area contributed by atoms with Gasteiger partial charge in [0.1, 0.15) is 11.5 Å². The first-order chi connectivity index (χ1) is 16.4. The molecule has 5 rings (SSSR count). The number of nitrogens with one attached hydrogen (secondary N) is 2. The van der Waals surface area contributed by atoms with Crippen molar-refractivity contribution in [2.24, 2.45) is 0 Å². The van der Waals surface area contributed by atoms with Gasteiger partial charge in [-0.1, -0.05) is 35.9 Å². The molecule has 174 valence electrons. The largest absolute Gasteiger partial charge is 0.497 e. The molecule has 0 aromatic heterocycles. The van der Waals surface area contributed by atoms with E-state index in [4.69, 9.17) is 9.47 Å². The fraction of sp³-hybridized carbons (Fsp3) is 0.259. The highest BCUT2D eigenvalue weighted by Crippen LogP contribution is 2.45. The summed E-state index contributed by atoms with van der Waals surface area (Å²) in [7, 11) is 1.62. The molecule has 2 unspecified atom stereocenters. The quantitative estimate of drug-likeness (QED) is 0.582. The van der Waals surface area contributed by atoms with Crippen LogP contribution in [0.2, 0.25) is 0 Å². The van der Waals surface area contributed by atoms with Gasteiger partial charge in [0.05, 0.1) is 18.8 Å². The Bertz CT molecular complexity index is 1260. The molecule has 7 heteroatoms. The molecule has 2 atom stereocenters. The summed E-state index contributed by atoms with van der Waals surface area (Å²) in [4.78, 5) is 27.6. The van der Waals surface area contributed by atoms with E-state index in [0.29, 0.717) is 24.2 Å². The van der Waals surface area contributed by atoms with E-state index >= 15 is 0 Å². The molecular formula is C27H27N3O4. The van der Waals surface area contributed by atoms with E-state index in [-0.39, 0.29) is 18.0 Å². The van der Waals surface area contributed by atoms with Gasteiger partial charge in [-0.25, -0.2) is 4.79 Å². The lowest BCUT2D eigenvalue weighted by atomic mass is 9.89. The molecular weight excluding hydrogens is 430 g/mol. The molecule has 2 bridgehead atoms. The number of methoxy groups -OCH3 is 1. The third kappa shape index (κ3) is 3.94. The summed E-state index contributed by atoms with van der Waals surface area (Å²) in [6.07, 6.45) is 0.600. The Labute approximate surface area is 198 Å². The van der Waals surface area contributed by atoms with Crippen LogP contribution in [0, 0.1) is 6.92 Å². The number of nitrogens with zero attached hydrogens (tertiary/aromatic N) is 1. The Balaban J connectivity index is 1.36. The number of amides is 3. The van der Waals surface area contributed by atoms with E-state index in [9.17, 15) is 9.59 Å². The lowest BCUT2D eigenvalue weighted by Gasteiger charge is -2.50. The number of anilines is 1. The lowest BCUT2D eigenvalue weighted by Crippen LogP contribution is -2.65. The molecule has 1 saturated heterocycles. The first-order valence-corrected chi connectivity index (χ1v) is 11.3. The molecule has 3 aromatic carbocycles. The summed E-state index contributed by atoms with van der Waals surface area (Å²) >= 11 is 0. The normalized spacial score (nSPS) is 20.6. The number of rotatable bonds is 5. The molecule has 0 aliphatic carbocycles. The predicted molar refractivity (Wildman–Crippen MR) is 129 cm³/mol. The van der Waals surface area contributed by atoms with Crippen LogP contribution in [0.15, 0.2) is 66.7 Å². The average molecular weight is 458 g/mol. The zero-order valence-electron chi connectivity index (χ0n) is 19.4. The van der Waals surface area contributed by atoms with Gasteiger partial charge in [0.2, 0.25) is 0 Å². The number of carbonyl (C=O) groups is 2. The van der Waals surface area contributed by atoms with E-state index in [1.54, 1.807) is 30.2 Å². The van der Waals surface area contributed by atoms with Gasteiger partial charge in [-0.2, -0.15) is 0 Å². The van der Waals surface area contributed by atoms with Crippen molar-refractivity contribution in [1.82, 2.24) is 10.6 Å². The minimum absolute atomic E-state index is 0.117. The maximum absolute atomic E-state index is 13.2. The van der Waals surface area contributed by atoms with Gasteiger partial charge in [-0.15, -0.1) is 0 Å². The van der Waals surface area contributed by atoms with Gasteiger partial charge in [-0.3, -0.25) is 9.69 Å². The molecule has 1 fully saturated rings. The van der Waals surface area contributed by atoms with Gasteiger partial charge in [0.25, 0.3) is 5.91 Å². The van der Waals surface area contributed by atoms with Gasteiger partial charge >= 0.3 is 6.03 Å². The fourth-order valence-electron chi connectivity index (χ4n) is 4.70. The van der Waals surface area contributed by atoms with E-state index in [2.05, 4.69) is 16.7 Å². The summed E-state index contributed by atoms with van der Waals surface area (Å²) in [5.41, 5.74) is 3.28. The van der Waals surface area contributed by atoms with E-state index in [1.807, 2.05) is 56.3 Å². The van der Waals surface area contributed by atoms with Crippen LogP contribution in [-0.2, 0) is 6.54 Å². The van der Waals surface area contributed by atoms with Crippen LogP contribution >= 0.6 is 0 Å². The van der Waals surface area contributed by atoms with Crippen LogP contribution in [0.25, 0.3) is 0 Å². The molecule has 2 aliphatic heterocycles. The molecule has 2 heterocycles. The Hall–Kier alpha value is -4.00. The molecule has 0 spiro atoms. The molecule has 3 aromatic rings. The average Bonchev–Trinajstić information content (AvgIpc) is 2.83. The third-order valence-corrected chi connectivity index (χ3v) is 6.41. The van der Waals surface area contributed by atoms with Crippen molar-refractivity contribution in [3.05, 3.63) is 89.0 Å². The first kappa shape index (κ1) is 21.8. The van der Waals surface area contributed by atoms with Crippen molar-refractivity contribution < 1.29 is 19.1 Å². The molecule has 0 saturated carbocycles. The van der Waals surface area contributed by atoms with Crippen molar-refractivity contribution in [1.29, 1.82) is 0 Å². The lowest BCUT2D eigenvalue weighted by molar-refractivity contribution is 0.0378. The summed E-state index contributed by atoms with van der Waals surface area (Å²) < 4.78 is 11.5. The second-order valence-corrected chi connectivity index (χ2v) is 8.94. The van der Waals surface area contributed by atoms with Crippen LogP contribution in [0.3, 0.4) is 0 Å². The fourth-order valence-corrected chi connectivity index (χ4v) is 4.70. The maximum atomic E-state index is 13.2. The number of hydrogen-bond donors (Lipinski definition) is 2. The predicted octanol–water partition coefficient (Wildman–Crippen LogP) is 4.70. The Kier molecular flexibility index (Phi) is 5.40. The topological polar surface area (TPSA) is 79.9 Å². The van der Waals surface area contributed by atoms with Crippen LogP contribution < -0.4 is 25.0 Å². The summed E-state index contributed by atoms with van der Waals surface area (Å²) in [6.45, 7) is 4.32. The number of ether oxygens (including phenoxy) is 2. The van der Waals surface area contributed by atoms with Crippen LogP contribution in [0.5, 0.6) is 11.5 Å². The van der Waals surface area contributed by atoms with Crippen molar-refractivity contribution in [2.75, 3.05) is 12.0 Å². The molecule has 2 N–H and O–H groups in total. The highest BCUT2D eigenvalue weighted by molar-refractivity contribution is 5.99. The van der Waals surface area contributed by atoms with Crippen LogP contribution in [0.1, 0.15) is 46.4 Å². The van der Waals surface area contributed by atoms with Gasteiger partial charge in [-0.05, 0) is 55.8 Å². The Morgan fingerprint density at radius 2 is 1.97 bits per heavy atom. The van der Waals surface area contributed by atoms with Gasteiger partial charge < -0.3 is 20.1 Å². The third-order valence-electron chi connectivity index (χ3n) is 6.41. The van der Waals surface area contributed by atoms with E-state index in [1.165, 1.54) is 0 Å². The standard InChI is InChI=1S/C27H27N3O4/c1-17-7-12-24-22(13-17)23-15-27(2,34-24)30(26(32)29-23)20-6-4-5-19(14-20)25(31)28-16-18-8-10-21(33-3)11-9-18/h4-14,23H,15-16H2,1-3H3,(H,28,31)(H,29,32). The molecule has 0 radical (unpaired) electrons. The molecule has 7 nitrogen and oxygen atoms in total. The summed E-state index contributed by atoms with van der Waals surface area (Å²) in [5, 5.41) is 6.04. The second kappa shape index (κ2) is 8.41. The Morgan fingerprint density at radius 3 is 2.74 bits per heavy atom. The van der Waals surface area contributed by atoms with Crippen molar-refractivity contribution in [3.8, 4) is 11.5 Å². The number of carbonyl (C=O) groups excluding carboxylic acids is 2. The maximum Gasteiger partial charge on any atom is 0.325 e. The SMILES string of the molecule is COc1ccc(CNC(=O)c2cccc(N3C(=O)NC4CC3(C)Oc3ccc(C)cc34)c2)cc1. The highest BCUT2D eigenvalue weighted by Gasteiger charge is 2.49. The van der Waals surface area contributed by atoms with E-state index < -0.39 is 5.72 Å². The first-order valence-electron chi connectivity index (χ1n) is 11.3. The highest BCUT2D eigenvalue weighted by atomic mass is 16.5. The number of fused-ring (bicyclic) bond motifs is 4.